The summed E-state index contributed by atoms with van der Waals surface area (Å²) in [5, 5.41) is 23.4. The number of nitrogens with zero attached hydrogens (tertiary/aromatic N) is 1. The van der Waals surface area contributed by atoms with Crippen molar-refractivity contribution in [3.63, 3.8) is 0 Å². The van der Waals surface area contributed by atoms with Crippen LogP contribution in [0.15, 0.2) is 38.3 Å². The third-order valence-corrected chi connectivity index (χ3v) is 4.65. The van der Waals surface area contributed by atoms with Gasteiger partial charge in [0.25, 0.3) is 5.91 Å². The van der Waals surface area contributed by atoms with E-state index in [2.05, 4.69) is 42.4 Å². The summed E-state index contributed by atoms with van der Waals surface area (Å²) in [6.07, 6.45) is 1.26. The molecule has 0 aliphatic rings. The topological polar surface area (TPSA) is 91.2 Å². The van der Waals surface area contributed by atoms with Crippen molar-refractivity contribution in [3.8, 4) is 17.2 Å². The zero-order chi connectivity index (χ0) is 18.6. The van der Waals surface area contributed by atoms with Crippen molar-refractivity contribution >= 4 is 44.0 Å². The molecule has 2 aromatic rings. The lowest BCUT2D eigenvalue weighted by atomic mass is 10.1. The second-order valence-electron chi connectivity index (χ2n) is 5.31. The summed E-state index contributed by atoms with van der Waals surface area (Å²) < 4.78 is 5.99. The van der Waals surface area contributed by atoms with Crippen molar-refractivity contribution < 1.29 is 19.7 Å². The highest BCUT2D eigenvalue weighted by molar-refractivity contribution is 9.11. The average molecular weight is 472 g/mol. The monoisotopic (exact) mass is 470 g/mol. The van der Waals surface area contributed by atoms with Crippen molar-refractivity contribution in [2.75, 3.05) is 6.61 Å². The van der Waals surface area contributed by atoms with Gasteiger partial charge in [-0.3, -0.25) is 4.79 Å². The minimum Gasteiger partial charge on any atom is -0.506 e. The molecule has 0 aliphatic heterocycles. The Morgan fingerprint density at radius 1 is 1.24 bits per heavy atom. The van der Waals surface area contributed by atoms with Gasteiger partial charge in [0, 0.05) is 5.56 Å². The number of hydrogen-bond acceptors (Lipinski definition) is 5. The molecule has 2 rings (SSSR count). The van der Waals surface area contributed by atoms with Gasteiger partial charge in [0.1, 0.15) is 21.7 Å². The smallest absolute Gasteiger partial charge is 0.277 e. The molecule has 0 spiro atoms. The Morgan fingerprint density at radius 3 is 2.68 bits per heavy atom. The number of ether oxygens (including phenoxy) is 1. The number of halogens is 2. The maximum atomic E-state index is 11.8. The van der Waals surface area contributed by atoms with Crippen LogP contribution in [0.25, 0.3) is 0 Å². The summed E-state index contributed by atoms with van der Waals surface area (Å²) >= 11 is 6.22. The highest BCUT2D eigenvalue weighted by Crippen LogP contribution is 2.40. The summed E-state index contributed by atoms with van der Waals surface area (Å²) in [4.78, 5) is 11.8. The molecule has 0 unspecified atom stereocenters. The maximum Gasteiger partial charge on any atom is 0.277 e. The van der Waals surface area contributed by atoms with Gasteiger partial charge >= 0.3 is 0 Å². The molecule has 0 saturated heterocycles. The van der Waals surface area contributed by atoms with E-state index in [1.54, 1.807) is 0 Å². The van der Waals surface area contributed by atoms with Crippen LogP contribution in [0, 0.1) is 13.8 Å². The van der Waals surface area contributed by atoms with E-state index < -0.39 is 5.91 Å². The molecular formula is C17H16Br2N2O4. The van der Waals surface area contributed by atoms with Gasteiger partial charge in [-0.05, 0) is 69.0 Å². The molecular weight excluding hydrogens is 456 g/mol. The summed E-state index contributed by atoms with van der Waals surface area (Å²) in [5.41, 5.74) is 4.61. The van der Waals surface area contributed by atoms with E-state index in [1.807, 2.05) is 32.0 Å². The number of phenolic OH excluding ortho intramolecular Hbond substituents is 2. The second kappa shape index (κ2) is 8.35. The van der Waals surface area contributed by atoms with Crippen molar-refractivity contribution in [2.45, 2.75) is 13.8 Å². The van der Waals surface area contributed by atoms with Crippen LogP contribution in [0.4, 0.5) is 0 Å². The second-order valence-corrected chi connectivity index (χ2v) is 6.96. The first-order valence-corrected chi connectivity index (χ1v) is 8.80. The molecule has 0 bridgehead atoms. The predicted octanol–water partition coefficient (Wildman–Crippen LogP) is 3.77. The van der Waals surface area contributed by atoms with Crippen LogP contribution in [-0.4, -0.2) is 28.9 Å². The number of carbonyl (C=O) groups is 1. The number of hydrogen-bond donors (Lipinski definition) is 3. The lowest BCUT2D eigenvalue weighted by Gasteiger charge is -2.09. The largest absolute Gasteiger partial charge is 0.506 e. The first-order chi connectivity index (χ1) is 11.8. The number of aryl methyl sites for hydroxylation is 2. The molecule has 0 atom stereocenters. The van der Waals surface area contributed by atoms with Gasteiger partial charge in [0.2, 0.25) is 0 Å². The number of hydrazone groups is 1. The molecule has 0 heterocycles. The van der Waals surface area contributed by atoms with E-state index in [-0.39, 0.29) is 22.6 Å². The molecule has 0 radical (unpaired) electrons. The molecule has 25 heavy (non-hydrogen) atoms. The fraction of sp³-hybridized carbons (Fsp3) is 0.176. The van der Waals surface area contributed by atoms with E-state index >= 15 is 0 Å². The van der Waals surface area contributed by atoms with Gasteiger partial charge in [-0.2, -0.15) is 5.10 Å². The molecule has 2 aromatic carbocycles. The standard InChI is InChI=1S/C17H16Br2N2O4/c1-9-3-4-10(2)13(5-9)25-8-14(22)21-20-7-11-6-12(18)17(24)15(19)16(11)23/h3-7,23-24H,8H2,1-2H3,(H,21,22). The number of aromatic hydroxyl groups is 2. The van der Waals surface area contributed by atoms with Gasteiger partial charge in [0.15, 0.2) is 6.61 Å². The van der Waals surface area contributed by atoms with E-state index in [4.69, 9.17) is 4.74 Å². The Kier molecular flexibility index (Phi) is 6.44. The number of carbonyl (C=O) groups excluding carboxylic acids is 1. The van der Waals surface area contributed by atoms with Crippen molar-refractivity contribution in [1.82, 2.24) is 5.43 Å². The normalized spacial score (nSPS) is 10.9. The summed E-state index contributed by atoms with van der Waals surface area (Å²) in [5.74, 6) is -0.109. The minimum absolute atomic E-state index is 0.124. The van der Waals surface area contributed by atoms with Gasteiger partial charge in [-0.1, -0.05) is 12.1 Å². The molecule has 0 aromatic heterocycles. The number of nitrogens with one attached hydrogen (secondary N) is 1. The predicted molar refractivity (Wildman–Crippen MR) is 102 cm³/mol. The maximum absolute atomic E-state index is 11.8. The van der Waals surface area contributed by atoms with Gasteiger partial charge in [0.05, 0.1) is 10.7 Å². The zero-order valence-electron chi connectivity index (χ0n) is 13.5. The summed E-state index contributed by atoms with van der Waals surface area (Å²) in [6.45, 7) is 3.65. The summed E-state index contributed by atoms with van der Waals surface area (Å²) in [7, 11) is 0. The Hall–Kier alpha value is -2.06. The molecule has 0 fully saturated rings. The quantitative estimate of drug-likeness (QED) is 0.457. The van der Waals surface area contributed by atoms with Crippen LogP contribution in [0.5, 0.6) is 17.2 Å². The Balaban J connectivity index is 1.96. The van der Waals surface area contributed by atoms with Crippen molar-refractivity contribution in [1.29, 1.82) is 0 Å². The first kappa shape index (κ1) is 19.3. The highest BCUT2D eigenvalue weighted by Gasteiger charge is 2.13. The van der Waals surface area contributed by atoms with Crippen LogP contribution in [0.1, 0.15) is 16.7 Å². The van der Waals surface area contributed by atoms with Crippen LogP contribution in [0.3, 0.4) is 0 Å². The summed E-state index contributed by atoms with van der Waals surface area (Å²) in [6, 6.07) is 7.21. The van der Waals surface area contributed by atoms with Crippen LogP contribution in [-0.2, 0) is 4.79 Å². The zero-order valence-corrected chi connectivity index (χ0v) is 16.7. The Morgan fingerprint density at radius 2 is 1.96 bits per heavy atom. The van der Waals surface area contributed by atoms with Gasteiger partial charge in [-0.25, -0.2) is 5.43 Å². The Labute approximate surface area is 161 Å². The van der Waals surface area contributed by atoms with E-state index in [0.29, 0.717) is 15.8 Å². The third-order valence-electron chi connectivity index (χ3n) is 3.29. The average Bonchev–Trinajstić information content (AvgIpc) is 2.58. The molecule has 132 valence electrons. The molecule has 8 heteroatoms. The van der Waals surface area contributed by atoms with Crippen LogP contribution < -0.4 is 10.2 Å². The first-order valence-electron chi connectivity index (χ1n) is 7.21. The molecule has 3 N–H and O–H groups in total. The Bertz CT molecular complexity index is 838. The van der Waals surface area contributed by atoms with Crippen molar-refractivity contribution in [2.24, 2.45) is 5.10 Å². The lowest BCUT2D eigenvalue weighted by molar-refractivity contribution is -0.123. The number of benzene rings is 2. The van der Waals surface area contributed by atoms with Gasteiger partial charge in [-0.15, -0.1) is 0 Å². The lowest BCUT2D eigenvalue weighted by Crippen LogP contribution is -2.24. The van der Waals surface area contributed by atoms with Gasteiger partial charge < -0.3 is 14.9 Å². The highest BCUT2D eigenvalue weighted by atomic mass is 79.9. The third kappa shape index (κ3) is 4.96. The SMILES string of the molecule is Cc1ccc(C)c(OCC(=O)NN=Cc2cc(Br)c(O)c(Br)c2O)c1. The fourth-order valence-corrected chi connectivity index (χ4v) is 3.08. The number of rotatable bonds is 5. The van der Waals surface area contributed by atoms with Crippen LogP contribution in [0.2, 0.25) is 0 Å². The van der Waals surface area contributed by atoms with E-state index in [0.717, 1.165) is 11.1 Å². The van der Waals surface area contributed by atoms with E-state index in [1.165, 1.54) is 12.3 Å². The fourth-order valence-electron chi connectivity index (χ4n) is 1.93. The molecule has 6 nitrogen and oxygen atoms in total. The molecule has 0 aliphatic carbocycles. The van der Waals surface area contributed by atoms with E-state index in [9.17, 15) is 15.0 Å². The molecule has 1 amide bonds. The minimum atomic E-state index is -0.437. The van der Waals surface area contributed by atoms with Crippen molar-refractivity contribution in [3.05, 3.63) is 49.9 Å². The van der Waals surface area contributed by atoms with Crippen LogP contribution >= 0.6 is 31.9 Å². The number of amides is 1. The molecule has 0 saturated carbocycles. The number of phenols is 2.